The first kappa shape index (κ1) is 18.9. The summed E-state index contributed by atoms with van der Waals surface area (Å²) in [4.78, 5) is 3.72. The SMILES string of the molecule is COc1ccc(C(C)C2NCCc3c2[nH]c2ccc(C(C)C)cc32)cc1OC. The van der Waals surface area contributed by atoms with Gasteiger partial charge in [0.15, 0.2) is 11.5 Å². The predicted octanol–water partition coefficient (Wildman–Crippen LogP) is 5.30. The van der Waals surface area contributed by atoms with Crippen molar-refractivity contribution < 1.29 is 9.47 Å². The Balaban J connectivity index is 1.74. The Kier molecular flexibility index (Phi) is 5.07. The molecule has 148 valence electrons. The van der Waals surface area contributed by atoms with Crippen molar-refractivity contribution in [2.24, 2.45) is 0 Å². The van der Waals surface area contributed by atoms with Gasteiger partial charge in [-0.3, -0.25) is 0 Å². The highest BCUT2D eigenvalue weighted by Crippen LogP contribution is 2.40. The molecule has 0 fully saturated rings. The van der Waals surface area contributed by atoms with E-state index in [1.54, 1.807) is 14.2 Å². The third-order valence-corrected chi connectivity index (χ3v) is 6.11. The monoisotopic (exact) mass is 378 g/mol. The highest BCUT2D eigenvalue weighted by Gasteiger charge is 2.29. The highest BCUT2D eigenvalue weighted by atomic mass is 16.5. The zero-order chi connectivity index (χ0) is 19.8. The third-order valence-electron chi connectivity index (χ3n) is 6.11. The van der Waals surface area contributed by atoms with Crippen LogP contribution < -0.4 is 14.8 Å². The van der Waals surface area contributed by atoms with E-state index >= 15 is 0 Å². The smallest absolute Gasteiger partial charge is 0.160 e. The molecule has 0 bridgehead atoms. The normalized spacial score (nSPS) is 17.6. The second-order valence-electron chi connectivity index (χ2n) is 8.06. The van der Waals surface area contributed by atoms with Crippen LogP contribution in [0.15, 0.2) is 36.4 Å². The van der Waals surface area contributed by atoms with Crippen molar-refractivity contribution in [3.05, 3.63) is 58.8 Å². The number of methoxy groups -OCH3 is 2. The summed E-state index contributed by atoms with van der Waals surface area (Å²) in [5.74, 6) is 2.39. The van der Waals surface area contributed by atoms with Gasteiger partial charge < -0.3 is 19.8 Å². The van der Waals surface area contributed by atoms with Crippen molar-refractivity contribution >= 4 is 10.9 Å². The Morgan fingerprint density at radius 1 is 0.929 bits per heavy atom. The summed E-state index contributed by atoms with van der Waals surface area (Å²) in [7, 11) is 3.36. The van der Waals surface area contributed by atoms with Crippen molar-refractivity contribution in [1.82, 2.24) is 10.3 Å². The summed E-state index contributed by atoms with van der Waals surface area (Å²) in [5.41, 5.74) is 6.67. The van der Waals surface area contributed by atoms with Gasteiger partial charge in [0.1, 0.15) is 0 Å². The number of benzene rings is 2. The van der Waals surface area contributed by atoms with Gasteiger partial charge in [0.2, 0.25) is 0 Å². The Hall–Kier alpha value is -2.46. The van der Waals surface area contributed by atoms with E-state index in [4.69, 9.17) is 9.47 Å². The summed E-state index contributed by atoms with van der Waals surface area (Å²) in [5, 5.41) is 5.12. The van der Waals surface area contributed by atoms with Gasteiger partial charge in [0.25, 0.3) is 0 Å². The predicted molar refractivity (Wildman–Crippen MR) is 115 cm³/mol. The third kappa shape index (κ3) is 3.16. The maximum atomic E-state index is 5.51. The molecule has 0 spiro atoms. The molecule has 2 N–H and O–H groups in total. The molecule has 4 heteroatoms. The van der Waals surface area contributed by atoms with Crippen LogP contribution in [0.4, 0.5) is 0 Å². The van der Waals surface area contributed by atoms with Crippen LogP contribution in [-0.2, 0) is 6.42 Å². The first-order valence-corrected chi connectivity index (χ1v) is 10.1. The molecule has 28 heavy (non-hydrogen) atoms. The Bertz CT molecular complexity index is 990. The van der Waals surface area contributed by atoms with Crippen LogP contribution in [0.5, 0.6) is 11.5 Å². The van der Waals surface area contributed by atoms with Crippen LogP contribution in [0.3, 0.4) is 0 Å². The molecule has 0 amide bonds. The Morgan fingerprint density at radius 3 is 2.39 bits per heavy atom. The molecule has 1 aromatic heterocycles. The van der Waals surface area contributed by atoms with Gasteiger partial charge in [-0.1, -0.05) is 32.9 Å². The molecule has 3 aromatic rings. The second-order valence-corrected chi connectivity index (χ2v) is 8.06. The van der Waals surface area contributed by atoms with E-state index in [1.807, 2.05) is 6.07 Å². The van der Waals surface area contributed by atoms with Crippen LogP contribution in [0.25, 0.3) is 10.9 Å². The van der Waals surface area contributed by atoms with E-state index in [9.17, 15) is 0 Å². The summed E-state index contributed by atoms with van der Waals surface area (Å²) in [6, 6.07) is 13.3. The quantitative estimate of drug-likeness (QED) is 0.633. The van der Waals surface area contributed by atoms with Crippen LogP contribution in [0, 0.1) is 0 Å². The molecule has 0 saturated carbocycles. The number of fused-ring (bicyclic) bond motifs is 3. The van der Waals surface area contributed by atoms with Gasteiger partial charge in [-0.05, 0) is 59.8 Å². The zero-order valence-corrected chi connectivity index (χ0v) is 17.4. The van der Waals surface area contributed by atoms with Gasteiger partial charge in [-0.15, -0.1) is 0 Å². The maximum Gasteiger partial charge on any atom is 0.160 e. The average Bonchev–Trinajstić information content (AvgIpc) is 3.10. The molecule has 2 heterocycles. The van der Waals surface area contributed by atoms with Crippen molar-refractivity contribution in [3.8, 4) is 11.5 Å². The number of nitrogens with one attached hydrogen (secondary N) is 2. The molecule has 1 aliphatic heterocycles. The lowest BCUT2D eigenvalue weighted by Gasteiger charge is -2.30. The first-order valence-electron chi connectivity index (χ1n) is 10.1. The van der Waals surface area contributed by atoms with Gasteiger partial charge in [0, 0.05) is 22.5 Å². The Morgan fingerprint density at radius 2 is 1.68 bits per heavy atom. The molecule has 2 unspecified atom stereocenters. The summed E-state index contributed by atoms with van der Waals surface area (Å²) >= 11 is 0. The van der Waals surface area contributed by atoms with Crippen LogP contribution in [-0.4, -0.2) is 25.7 Å². The largest absolute Gasteiger partial charge is 0.493 e. The fraction of sp³-hybridized carbons (Fsp3) is 0.417. The molecule has 0 saturated heterocycles. The van der Waals surface area contributed by atoms with E-state index in [0.717, 1.165) is 24.5 Å². The molecule has 4 rings (SSSR count). The number of aromatic amines is 1. The van der Waals surface area contributed by atoms with Crippen LogP contribution in [0.2, 0.25) is 0 Å². The maximum absolute atomic E-state index is 5.51. The van der Waals surface area contributed by atoms with Gasteiger partial charge >= 0.3 is 0 Å². The number of H-pyrrole nitrogens is 1. The van der Waals surface area contributed by atoms with Crippen molar-refractivity contribution in [1.29, 1.82) is 0 Å². The number of ether oxygens (including phenoxy) is 2. The summed E-state index contributed by atoms with van der Waals surface area (Å²) in [6.07, 6.45) is 1.06. The van der Waals surface area contributed by atoms with Crippen molar-refractivity contribution in [2.75, 3.05) is 20.8 Å². The molecule has 0 radical (unpaired) electrons. The van der Waals surface area contributed by atoms with E-state index in [-0.39, 0.29) is 6.04 Å². The summed E-state index contributed by atoms with van der Waals surface area (Å²) < 4.78 is 10.9. The minimum Gasteiger partial charge on any atom is -0.493 e. The number of hydrogen-bond donors (Lipinski definition) is 2. The van der Waals surface area contributed by atoms with Gasteiger partial charge in [-0.25, -0.2) is 0 Å². The molecule has 2 atom stereocenters. The number of aromatic nitrogens is 1. The lowest BCUT2D eigenvalue weighted by atomic mass is 9.86. The zero-order valence-electron chi connectivity index (χ0n) is 17.4. The second kappa shape index (κ2) is 7.51. The molecule has 4 nitrogen and oxygen atoms in total. The van der Waals surface area contributed by atoms with Crippen molar-refractivity contribution in [2.45, 2.75) is 45.1 Å². The van der Waals surface area contributed by atoms with E-state index in [0.29, 0.717) is 11.8 Å². The fourth-order valence-corrected chi connectivity index (χ4v) is 4.39. The lowest BCUT2D eigenvalue weighted by molar-refractivity contribution is 0.353. The van der Waals surface area contributed by atoms with Crippen molar-refractivity contribution in [3.63, 3.8) is 0 Å². The van der Waals surface area contributed by atoms with Crippen LogP contribution >= 0.6 is 0 Å². The van der Waals surface area contributed by atoms with Crippen LogP contribution in [0.1, 0.15) is 61.0 Å². The Labute approximate surface area is 167 Å². The average molecular weight is 379 g/mol. The molecule has 0 aliphatic carbocycles. The fourth-order valence-electron chi connectivity index (χ4n) is 4.39. The van der Waals surface area contributed by atoms with Gasteiger partial charge in [0.05, 0.1) is 20.3 Å². The van der Waals surface area contributed by atoms with E-state index in [2.05, 4.69) is 61.4 Å². The lowest BCUT2D eigenvalue weighted by Crippen LogP contribution is -2.33. The first-order chi connectivity index (χ1) is 13.5. The molecule has 1 aliphatic rings. The van der Waals surface area contributed by atoms with Gasteiger partial charge in [-0.2, -0.15) is 0 Å². The molecular weight excluding hydrogens is 348 g/mol. The minimum absolute atomic E-state index is 0.247. The topological polar surface area (TPSA) is 46.3 Å². The standard InChI is InChI=1S/C24H30N2O2/c1-14(2)16-6-8-20-19(12-16)18-10-11-25-23(24(18)26-20)15(3)17-7-9-21(27-4)22(13-17)28-5/h6-9,12-15,23,25-26H,10-11H2,1-5H3. The highest BCUT2D eigenvalue weighted by molar-refractivity contribution is 5.86. The van der Waals surface area contributed by atoms with E-state index < -0.39 is 0 Å². The number of hydrogen-bond acceptors (Lipinski definition) is 3. The molecular formula is C24H30N2O2. The molecule has 2 aromatic carbocycles. The number of rotatable bonds is 5. The summed E-state index contributed by atoms with van der Waals surface area (Å²) in [6.45, 7) is 7.78. The minimum atomic E-state index is 0.247. The van der Waals surface area contributed by atoms with E-state index in [1.165, 1.54) is 33.3 Å².